The maximum Gasteiger partial charge on any atom is 0.184 e. The summed E-state index contributed by atoms with van der Waals surface area (Å²) in [7, 11) is 0. The maximum atomic E-state index is 12.3. The van der Waals surface area contributed by atoms with Gasteiger partial charge in [-0.25, -0.2) is 0 Å². The lowest BCUT2D eigenvalue weighted by molar-refractivity contribution is 0.0541. The Morgan fingerprint density at radius 2 is 2.11 bits per heavy atom. The van der Waals surface area contributed by atoms with Crippen molar-refractivity contribution in [2.24, 2.45) is 5.92 Å². The summed E-state index contributed by atoms with van der Waals surface area (Å²) in [6.45, 7) is 1.37. The van der Waals surface area contributed by atoms with Crippen molar-refractivity contribution in [1.82, 2.24) is 4.98 Å². The first-order valence-electron chi connectivity index (χ1n) is 6.82. The highest BCUT2D eigenvalue weighted by molar-refractivity contribution is 8.01. The molecule has 1 aromatic heterocycles. The minimum atomic E-state index is 0.0765. The highest BCUT2D eigenvalue weighted by atomic mass is 32.2. The summed E-state index contributed by atoms with van der Waals surface area (Å²) < 4.78 is 8.60. The van der Waals surface area contributed by atoms with Gasteiger partial charge in [0.05, 0.1) is 0 Å². The molecule has 1 aliphatic heterocycles. The first-order chi connectivity index (χ1) is 9.33. The van der Waals surface area contributed by atoms with Gasteiger partial charge in [-0.05, 0) is 49.8 Å². The molecular formula is C14H18N2O2S. The number of pyridine rings is 1. The molecule has 2 aliphatic rings. The van der Waals surface area contributed by atoms with Crippen LogP contribution in [-0.4, -0.2) is 29.2 Å². The Bertz CT molecular complexity index is 457. The molecule has 1 aromatic rings. The molecule has 1 saturated carbocycles. The normalized spacial score (nSPS) is 20.2. The van der Waals surface area contributed by atoms with E-state index in [0.29, 0.717) is 18.9 Å². The summed E-state index contributed by atoms with van der Waals surface area (Å²) in [5.41, 5.74) is 1.55. The molecule has 4 nitrogen and oxygen atoms in total. The zero-order valence-corrected chi connectivity index (χ0v) is 11.6. The second-order valence-corrected chi connectivity index (χ2v) is 6.21. The van der Waals surface area contributed by atoms with Gasteiger partial charge in [-0.3, -0.25) is 9.78 Å². The molecule has 0 radical (unpaired) electrons. The monoisotopic (exact) mass is 278 g/mol. The minimum Gasteiger partial charge on any atom is -0.381 e. The van der Waals surface area contributed by atoms with Crippen LogP contribution in [0.2, 0.25) is 0 Å². The van der Waals surface area contributed by atoms with E-state index in [9.17, 15) is 4.79 Å². The molecule has 19 heavy (non-hydrogen) atoms. The summed E-state index contributed by atoms with van der Waals surface area (Å²) in [5.74, 6) is 0.232. The number of nitrogens with one attached hydrogen (secondary N) is 1. The van der Waals surface area contributed by atoms with Crippen molar-refractivity contribution in [1.29, 1.82) is 0 Å². The van der Waals surface area contributed by atoms with E-state index in [4.69, 9.17) is 4.74 Å². The number of ether oxygens (including phenoxy) is 1. The van der Waals surface area contributed by atoms with Gasteiger partial charge in [-0.1, -0.05) is 0 Å². The molecule has 0 spiro atoms. The van der Waals surface area contributed by atoms with Crippen LogP contribution in [0.3, 0.4) is 0 Å². The number of ketones is 1. The largest absolute Gasteiger partial charge is 0.381 e. The van der Waals surface area contributed by atoms with E-state index in [1.54, 1.807) is 18.1 Å². The van der Waals surface area contributed by atoms with E-state index >= 15 is 0 Å². The number of rotatable bonds is 5. The first-order valence-corrected chi connectivity index (χ1v) is 7.70. The third kappa shape index (κ3) is 3.48. The average Bonchev–Trinajstić information content (AvgIpc) is 3.30. The van der Waals surface area contributed by atoms with E-state index in [2.05, 4.69) is 9.71 Å². The van der Waals surface area contributed by atoms with Crippen LogP contribution in [-0.2, 0) is 4.74 Å². The lowest BCUT2D eigenvalue weighted by Crippen LogP contribution is -2.24. The number of hydrogen-bond donors (Lipinski definition) is 1. The van der Waals surface area contributed by atoms with Gasteiger partial charge in [-0.15, -0.1) is 0 Å². The number of hydrogen-bond acceptors (Lipinski definition) is 5. The van der Waals surface area contributed by atoms with Gasteiger partial charge >= 0.3 is 0 Å². The molecule has 1 N–H and O–H groups in total. The van der Waals surface area contributed by atoms with Crippen molar-refractivity contribution < 1.29 is 9.53 Å². The van der Waals surface area contributed by atoms with Crippen LogP contribution in [0.25, 0.3) is 0 Å². The highest BCUT2D eigenvalue weighted by Gasteiger charge is 2.24. The van der Waals surface area contributed by atoms with E-state index < -0.39 is 0 Å². The maximum absolute atomic E-state index is 12.3. The zero-order valence-electron chi connectivity index (χ0n) is 10.8. The number of carbonyl (C=O) groups is 1. The van der Waals surface area contributed by atoms with Crippen molar-refractivity contribution in [2.45, 2.75) is 30.9 Å². The fraction of sp³-hybridized carbons (Fsp3) is 0.571. The highest BCUT2D eigenvalue weighted by Crippen LogP contribution is 2.34. The van der Waals surface area contributed by atoms with Crippen molar-refractivity contribution in [2.75, 3.05) is 17.9 Å². The lowest BCUT2D eigenvalue weighted by atomic mass is 9.93. The Morgan fingerprint density at radius 1 is 1.32 bits per heavy atom. The van der Waals surface area contributed by atoms with Crippen LogP contribution >= 0.6 is 11.9 Å². The van der Waals surface area contributed by atoms with Gasteiger partial charge in [0.1, 0.15) is 5.69 Å². The van der Waals surface area contributed by atoms with Crippen LogP contribution in [0.5, 0.6) is 0 Å². The van der Waals surface area contributed by atoms with Crippen LogP contribution in [0.15, 0.2) is 18.3 Å². The molecule has 2 fully saturated rings. The molecule has 0 aromatic carbocycles. The molecule has 102 valence electrons. The summed E-state index contributed by atoms with van der Waals surface area (Å²) in [5, 5.41) is 0.739. The molecule has 1 aliphatic carbocycles. The molecule has 2 heterocycles. The van der Waals surface area contributed by atoms with Crippen molar-refractivity contribution in [3.8, 4) is 0 Å². The number of nitrogens with zero attached hydrogens (tertiary/aromatic N) is 1. The van der Waals surface area contributed by atoms with Crippen LogP contribution in [0, 0.1) is 5.92 Å². The fourth-order valence-electron chi connectivity index (χ4n) is 2.13. The molecule has 5 heteroatoms. The zero-order chi connectivity index (χ0) is 13.1. The second-order valence-electron chi connectivity index (χ2n) is 5.10. The fourth-order valence-corrected chi connectivity index (χ4v) is 2.94. The lowest BCUT2D eigenvalue weighted by Gasteiger charge is -2.20. The van der Waals surface area contributed by atoms with Gasteiger partial charge in [0, 0.05) is 36.3 Å². The Kier molecular flexibility index (Phi) is 4.03. The van der Waals surface area contributed by atoms with Crippen LogP contribution < -0.4 is 4.72 Å². The molecular weight excluding hydrogens is 260 g/mol. The SMILES string of the molecule is O=C(c1cc(NSC2CC2)ccn1)C1CCOCC1. The molecule has 0 amide bonds. The number of aromatic nitrogens is 1. The second kappa shape index (κ2) is 5.92. The summed E-state index contributed by atoms with van der Waals surface area (Å²) in [4.78, 5) is 16.6. The average molecular weight is 278 g/mol. The Morgan fingerprint density at radius 3 is 2.84 bits per heavy atom. The Labute approximate surface area is 117 Å². The number of carbonyl (C=O) groups excluding carboxylic acids is 1. The molecule has 1 saturated heterocycles. The van der Waals surface area contributed by atoms with E-state index in [1.807, 2.05) is 12.1 Å². The van der Waals surface area contributed by atoms with Crippen molar-refractivity contribution in [3.05, 3.63) is 24.0 Å². The van der Waals surface area contributed by atoms with Crippen molar-refractivity contribution in [3.63, 3.8) is 0 Å². The van der Waals surface area contributed by atoms with E-state index in [1.165, 1.54) is 12.8 Å². The van der Waals surface area contributed by atoms with Crippen molar-refractivity contribution >= 4 is 23.4 Å². The molecule has 0 bridgehead atoms. The van der Waals surface area contributed by atoms with Gasteiger partial charge in [0.15, 0.2) is 5.78 Å². The third-order valence-electron chi connectivity index (χ3n) is 3.47. The minimum absolute atomic E-state index is 0.0765. The number of Topliss-reactive ketones (excluding diaryl/α,β-unsaturated/α-hetero) is 1. The Balaban J connectivity index is 1.64. The van der Waals surface area contributed by atoms with Crippen LogP contribution in [0.1, 0.15) is 36.2 Å². The van der Waals surface area contributed by atoms with Gasteiger partial charge in [0.2, 0.25) is 0 Å². The third-order valence-corrected chi connectivity index (χ3v) is 4.63. The quantitative estimate of drug-likeness (QED) is 0.663. The topological polar surface area (TPSA) is 51.2 Å². The van der Waals surface area contributed by atoms with E-state index in [-0.39, 0.29) is 11.7 Å². The predicted molar refractivity (Wildman–Crippen MR) is 76.3 cm³/mol. The Hall–Kier alpha value is -1.07. The predicted octanol–water partition coefficient (Wildman–Crippen LogP) is 2.91. The van der Waals surface area contributed by atoms with Gasteiger partial charge in [0.25, 0.3) is 0 Å². The standard InChI is InChI=1S/C14H18N2O2S/c17-14(10-4-7-18-8-5-10)13-9-11(3-6-15-13)16-19-12-1-2-12/h3,6,9-10,12H,1-2,4-5,7-8H2,(H,15,16). The molecule has 0 unspecified atom stereocenters. The van der Waals surface area contributed by atoms with Gasteiger partial charge < -0.3 is 9.46 Å². The van der Waals surface area contributed by atoms with Gasteiger partial charge in [-0.2, -0.15) is 0 Å². The summed E-state index contributed by atoms with van der Waals surface area (Å²) >= 11 is 1.74. The molecule has 0 atom stereocenters. The molecule has 3 rings (SSSR count). The summed E-state index contributed by atoms with van der Waals surface area (Å²) in [6.07, 6.45) is 5.92. The number of anilines is 1. The van der Waals surface area contributed by atoms with Crippen LogP contribution in [0.4, 0.5) is 5.69 Å². The first kappa shape index (κ1) is 12.9. The van der Waals surface area contributed by atoms with E-state index in [0.717, 1.165) is 23.8 Å². The smallest absolute Gasteiger partial charge is 0.184 e. The summed E-state index contributed by atoms with van der Waals surface area (Å²) in [6, 6.07) is 3.78.